The standard InChI is InChI=1S/C17H17NO/c1-2-3-4-12-17(19)18-13-15-10-7-9-14-8-5-6-11-16(14)15/h2-12H,13H2,1H3,(H,18,19)/b3-2+,12-4+. The zero-order valence-corrected chi connectivity index (χ0v) is 11.0. The van der Waals surface area contributed by atoms with Crippen LogP contribution in [0.1, 0.15) is 12.5 Å². The van der Waals surface area contributed by atoms with Crippen LogP contribution in [0, 0.1) is 0 Å². The van der Waals surface area contributed by atoms with Crippen LogP contribution in [-0.4, -0.2) is 5.91 Å². The smallest absolute Gasteiger partial charge is 0.244 e. The van der Waals surface area contributed by atoms with Crippen molar-refractivity contribution in [1.82, 2.24) is 5.32 Å². The molecule has 0 aliphatic rings. The van der Waals surface area contributed by atoms with Crippen LogP contribution in [0.4, 0.5) is 0 Å². The molecule has 2 nitrogen and oxygen atoms in total. The molecule has 0 aliphatic carbocycles. The summed E-state index contributed by atoms with van der Waals surface area (Å²) in [5.74, 6) is -0.0777. The Hall–Kier alpha value is -2.35. The summed E-state index contributed by atoms with van der Waals surface area (Å²) >= 11 is 0. The van der Waals surface area contributed by atoms with Gasteiger partial charge in [0.05, 0.1) is 0 Å². The van der Waals surface area contributed by atoms with Crippen molar-refractivity contribution in [3.8, 4) is 0 Å². The lowest BCUT2D eigenvalue weighted by Gasteiger charge is -2.06. The van der Waals surface area contributed by atoms with E-state index in [2.05, 4.69) is 23.5 Å². The van der Waals surface area contributed by atoms with Crippen LogP contribution in [-0.2, 0) is 11.3 Å². The van der Waals surface area contributed by atoms with E-state index < -0.39 is 0 Å². The molecule has 0 spiro atoms. The number of allylic oxidation sites excluding steroid dienone is 3. The Balaban J connectivity index is 2.08. The summed E-state index contributed by atoms with van der Waals surface area (Å²) in [6.07, 6.45) is 6.98. The molecule has 2 aromatic carbocycles. The van der Waals surface area contributed by atoms with Crippen LogP contribution < -0.4 is 5.32 Å². The van der Waals surface area contributed by atoms with E-state index in [0.717, 1.165) is 5.56 Å². The summed E-state index contributed by atoms with van der Waals surface area (Å²) in [6, 6.07) is 14.3. The minimum atomic E-state index is -0.0777. The number of nitrogens with one attached hydrogen (secondary N) is 1. The van der Waals surface area contributed by atoms with Gasteiger partial charge in [-0.1, -0.05) is 60.7 Å². The van der Waals surface area contributed by atoms with Crippen molar-refractivity contribution in [3.63, 3.8) is 0 Å². The predicted molar refractivity (Wildman–Crippen MR) is 79.7 cm³/mol. The van der Waals surface area contributed by atoms with E-state index in [0.29, 0.717) is 6.54 Å². The van der Waals surface area contributed by atoms with Gasteiger partial charge >= 0.3 is 0 Å². The molecule has 96 valence electrons. The molecule has 0 unspecified atom stereocenters. The number of carbonyl (C=O) groups excluding carboxylic acids is 1. The van der Waals surface area contributed by atoms with Crippen molar-refractivity contribution in [2.45, 2.75) is 13.5 Å². The van der Waals surface area contributed by atoms with Gasteiger partial charge in [-0.2, -0.15) is 0 Å². The summed E-state index contributed by atoms with van der Waals surface area (Å²) in [4.78, 5) is 11.6. The summed E-state index contributed by atoms with van der Waals surface area (Å²) in [7, 11) is 0. The average Bonchev–Trinajstić information content (AvgIpc) is 2.45. The van der Waals surface area contributed by atoms with Gasteiger partial charge < -0.3 is 5.32 Å². The van der Waals surface area contributed by atoms with Crippen molar-refractivity contribution in [2.75, 3.05) is 0 Å². The molecule has 0 bridgehead atoms. The third-order valence-corrected chi connectivity index (χ3v) is 2.88. The lowest BCUT2D eigenvalue weighted by atomic mass is 10.0. The minimum Gasteiger partial charge on any atom is -0.348 e. The monoisotopic (exact) mass is 251 g/mol. The highest BCUT2D eigenvalue weighted by Crippen LogP contribution is 2.18. The van der Waals surface area contributed by atoms with Gasteiger partial charge in [0.25, 0.3) is 0 Å². The quantitative estimate of drug-likeness (QED) is 0.653. The van der Waals surface area contributed by atoms with E-state index in [1.54, 1.807) is 6.08 Å². The highest BCUT2D eigenvalue weighted by molar-refractivity contribution is 5.89. The summed E-state index contributed by atoms with van der Waals surface area (Å²) < 4.78 is 0. The minimum absolute atomic E-state index is 0.0777. The van der Waals surface area contributed by atoms with Crippen molar-refractivity contribution in [1.29, 1.82) is 0 Å². The number of hydrogen-bond donors (Lipinski definition) is 1. The summed E-state index contributed by atoms with van der Waals surface area (Å²) in [6.45, 7) is 2.46. The van der Waals surface area contributed by atoms with E-state index in [-0.39, 0.29) is 5.91 Å². The van der Waals surface area contributed by atoms with Crippen LogP contribution in [0.15, 0.2) is 66.8 Å². The van der Waals surface area contributed by atoms with E-state index in [1.807, 2.05) is 43.3 Å². The van der Waals surface area contributed by atoms with Gasteiger partial charge in [0.2, 0.25) is 5.91 Å². The van der Waals surface area contributed by atoms with Crippen molar-refractivity contribution in [3.05, 3.63) is 72.3 Å². The second kappa shape index (κ2) is 6.55. The van der Waals surface area contributed by atoms with Gasteiger partial charge in [-0.05, 0) is 23.3 Å². The fourth-order valence-corrected chi connectivity index (χ4v) is 1.94. The van der Waals surface area contributed by atoms with Crippen LogP contribution >= 0.6 is 0 Å². The molecule has 2 rings (SSSR count). The molecular weight excluding hydrogens is 234 g/mol. The van der Waals surface area contributed by atoms with Gasteiger partial charge in [0.1, 0.15) is 0 Å². The zero-order chi connectivity index (χ0) is 13.5. The van der Waals surface area contributed by atoms with Crippen LogP contribution in [0.2, 0.25) is 0 Å². The lowest BCUT2D eigenvalue weighted by molar-refractivity contribution is -0.116. The molecule has 0 heterocycles. The molecule has 0 aromatic heterocycles. The molecule has 0 aliphatic heterocycles. The second-order valence-corrected chi connectivity index (χ2v) is 4.24. The fourth-order valence-electron chi connectivity index (χ4n) is 1.94. The SMILES string of the molecule is C/C=C/C=C/C(=O)NCc1cccc2ccccc12. The Morgan fingerprint density at radius 3 is 2.74 bits per heavy atom. The number of rotatable bonds is 4. The second-order valence-electron chi connectivity index (χ2n) is 4.24. The fraction of sp³-hybridized carbons (Fsp3) is 0.118. The maximum atomic E-state index is 11.6. The Kier molecular flexibility index (Phi) is 4.51. The lowest BCUT2D eigenvalue weighted by Crippen LogP contribution is -2.20. The Bertz CT molecular complexity index is 621. The maximum absolute atomic E-state index is 11.6. The normalized spacial score (nSPS) is 11.4. The van der Waals surface area contributed by atoms with Gasteiger partial charge in [0, 0.05) is 12.6 Å². The average molecular weight is 251 g/mol. The molecule has 0 radical (unpaired) electrons. The molecule has 0 atom stereocenters. The van der Waals surface area contributed by atoms with Gasteiger partial charge in [-0.25, -0.2) is 0 Å². The Labute approximate surface area is 113 Å². The topological polar surface area (TPSA) is 29.1 Å². The number of hydrogen-bond acceptors (Lipinski definition) is 1. The Morgan fingerprint density at radius 1 is 1.11 bits per heavy atom. The van der Waals surface area contributed by atoms with Crippen LogP contribution in [0.25, 0.3) is 10.8 Å². The molecule has 1 amide bonds. The van der Waals surface area contributed by atoms with Gasteiger partial charge in [0.15, 0.2) is 0 Å². The highest BCUT2D eigenvalue weighted by Gasteiger charge is 2.01. The first-order valence-corrected chi connectivity index (χ1v) is 6.35. The number of benzene rings is 2. The first-order valence-electron chi connectivity index (χ1n) is 6.35. The third kappa shape index (κ3) is 3.55. The molecule has 0 saturated carbocycles. The number of fused-ring (bicyclic) bond motifs is 1. The van der Waals surface area contributed by atoms with Crippen molar-refractivity contribution < 1.29 is 4.79 Å². The summed E-state index contributed by atoms with van der Waals surface area (Å²) in [5, 5.41) is 5.27. The van der Waals surface area contributed by atoms with E-state index in [4.69, 9.17) is 0 Å². The maximum Gasteiger partial charge on any atom is 0.244 e. The van der Waals surface area contributed by atoms with E-state index in [9.17, 15) is 4.79 Å². The Morgan fingerprint density at radius 2 is 1.89 bits per heavy atom. The van der Waals surface area contributed by atoms with Crippen molar-refractivity contribution in [2.24, 2.45) is 0 Å². The van der Waals surface area contributed by atoms with Gasteiger partial charge in [-0.15, -0.1) is 0 Å². The summed E-state index contributed by atoms with van der Waals surface area (Å²) in [5.41, 5.74) is 1.13. The third-order valence-electron chi connectivity index (χ3n) is 2.88. The molecule has 19 heavy (non-hydrogen) atoms. The number of carbonyl (C=O) groups is 1. The first kappa shape index (κ1) is 13.1. The first-order chi connectivity index (χ1) is 9.31. The van der Waals surface area contributed by atoms with Crippen LogP contribution in [0.5, 0.6) is 0 Å². The van der Waals surface area contributed by atoms with E-state index >= 15 is 0 Å². The van der Waals surface area contributed by atoms with Crippen LogP contribution in [0.3, 0.4) is 0 Å². The highest BCUT2D eigenvalue weighted by atomic mass is 16.1. The molecule has 0 saturated heterocycles. The molecule has 2 heteroatoms. The molecule has 2 aromatic rings. The zero-order valence-electron chi connectivity index (χ0n) is 11.0. The van der Waals surface area contributed by atoms with E-state index in [1.165, 1.54) is 16.8 Å². The van der Waals surface area contributed by atoms with Gasteiger partial charge in [-0.3, -0.25) is 4.79 Å². The molecule has 0 fully saturated rings. The predicted octanol–water partition coefficient (Wildman–Crippen LogP) is 3.59. The van der Waals surface area contributed by atoms with Crippen molar-refractivity contribution >= 4 is 16.7 Å². The largest absolute Gasteiger partial charge is 0.348 e. The molecular formula is C17H17NO. The number of amides is 1. The molecule has 1 N–H and O–H groups in total.